The molecule has 1 amide bonds. The van der Waals surface area contributed by atoms with Crippen LogP contribution in [-0.2, 0) is 0 Å². The summed E-state index contributed by atoms with van der Waals surface area (Å²) in [5.74, 6) is 7.76. The van der Waals surface area contributed by atoms with Gasteiger partial charge < -0.3 is 10.7 Å². The average Bonchev–Trinajstić information content (AvgIpc) is 2.48. The standard InChI is InChI=1S/C14H22N4OS/c1-11-2-3-12(13(10-11)17-15)14(19)16-4-5-18-6-8-20-9-7-18/h2-3,10,17H,4-9,15H2,1H3,(H,16,19). The molecule has 0 unspecified atom stereocenters. The molecule has 6 heteroatoms. The van der Waals surface area contributed by atoms with Crippen LogP contribution in [0.4, 0.5) is 5.69 Å². The third-order valence-electron chi connectivity index (χ3n) is 3.39. The van der Waals surface area contributed by atoms with E-state index in [2.05, 4.69) is 15.6 Å². The number of hydrazine groups is 1. The minimum absolute atomic E-state index is 0.0793. The van der Waals surface area contributed by atoms with Gasteiger partial charge in [-0.05, 0) is 24.6 Å². The normalized spacial score (nSPS) is 15.9. The van der Waals surface area contributed by atoms with Gasteiger partial charge in [-0.2, -0.15) is 11.8 Å². The summed E-state index contributed by atoms with van der Waals surface area (Å²) in [7, 11) is 0. The Hall–Kier alpha value is -1.24. The SMILES string of the molecule is Cc1ccc(C(=O)NCCN2CCSCC2)c(NN)c1. The van der Waals surface area contributed by atoms with E-state index in [1.807, 2.05) is 30.8 Å². The Morgan fingerprint density at radius 2 is 2.15 bits per heavy atom. The number of anilines is 1. The van der Waals surface area contributed by atoms with Gasteiger partial charge in [0.25, 0.3) is 5.91 Å². The molecule has 0 spiro atoms. The van der Waals surface area contributed by atoms with Crippen molar-refractivity contribution in [1.82, 2.24) is 10.2 Å². The molecule has 110 valence electrons. The minimum Gasteiger partial charge on any atom is -0.351 e. The quantitative estimate of drug-likeness (QED) is 0.559. The summed E-state index contributed by atoms with van der Waals surface area (Å²) in [6, 6.07) is 5.59. The maximum absolute atomic E-state index is 12.1. The summed E-state index contributed by atoms with van der Waals surface area (Å²) < 4.78 is 0. The fourth-order valence-electron chi connectivity index (χ4n) is 2.22. The first-order chi connectivity index (χ1) is 9.70. The fourth-order valence-corrected chi connectivity index (χ4v) is 3.20. The van der Waals surface area contributed by atoms with Crippen LogP contribution in [0.15, 0.2) is 18.2 Å². The van der Waals surface area contributed by atoms with E-state index < -0.39 is 0 Å². The number of hydrogen-bond acceptors (Lipinski definition) is 5. The Kier molecular flexibility index (Phi) is 5.70. The van der Waals surface area contributed by atoms with Gasteiger partial charge in [-0.15, -0.1) is 0 Å². The summed E-state index contributed by atoms with van der Waals surface area (Å²) >= 11 is 1.99. The van der Waals surface area contributed by atoms with Crippen LogP contribution in [0.5, 0.6) is 0 Å². The zero-order valence-electron chi connectivity index (χ0n) is 11.8. The van der Waals surface area contributed by atoms with Crippen LogP contribution >= 0.6 is 11.8 Å². The van der Waals surface area contributed by atoms with Gasteiger partial charge >= 0.3 is 0 Å². The largest absolute Gasteiger partial charge is 0.351 e. The average molecular weight is 294 g/mol. The molecule has 5 nitrogen and oxygen atoms in total. The van der Waals surface area contributed by atoms with Crippen molar-refractivity contribution in [3.8, 4) is 0 Å². The van der Waals surface area contributed by atoms with Crippen LogP contribution in [0.1, 0.15) is 15.9 Å². The lowest BCUT2D eigenvalue weighted by Gasteiger charge is -2.26. The van der Waals surface area contributed by atoms with Crippen molar-refractivity contribution in [2.75, 3.05) is 43.1 Å². The van der Waals surface area contributed by atoms with Gasteiger partial charge in [-0.25, -0.2) is 0 Å². The summed E-state index contributed by atoms with van der Waals surface area (Å²) in [6.07, 6.45) is 0. The highest BCUT2D eigenvalue weighted by Gasteiger charge is 2.13. The second kappa shape index (κ2) is 7.52. The summed E-state index contributed by atoms with van der Waals surface area (Å²) in [5.41, 5.74) is 4.91. The summed E-state index contributed by atoms with van der Waals surface area (Å²) in [5, 5.41) is 2.96. The van der Waals surface area contributed by atoms with Crippen LogP contribution in [0.2, 0.25) is 0 Å². The molecule has 2 rings (SSSR count). The van der Waals surface area contributed by atoms with Crippen molar-refractivity contribution in [3.05, 3.63) is 29.3 Å². The van der Waals surface area contributed by atoms with E-state index in [-0.39, 0.29) is 5.91 Å². The van der Waals surface area contributed by atoms with E-state index in [9.17, 15) is 4.79 Å². The molecule has 0 bridgehead atoms. The van der Waals surface area contributed by atoms with Crippen molar-refractivity contribution in [3.63, 3.8) is 0 Å². The number of nitrogen functional groups attached to an aromatic ring is 1. The number of hydrogen-bond donors (Lipinski definition) is 3. The Morgan fingerprint density at radius 3 is 2.85 bits per heavy atom. The smallest absolute Gasteiger partial charge is 0.253 e. The molecule has 1 fully saturated rings. The van der Waals surface area contributed by atoms with Crippen LogP contribution in [-0.4, -0.2) is 48.5 Å². The van der Waals surface area contributed by atoms with Gasteiger partial charge in [0.1, 0.15) is 0 Å². The highest BCUT2D eigenvalue weighted by molar-refractivity contribution is 7.99. The van der Waals surface area contributed by atoms with Gasteiger partial charge in [-0.1, -0.05) is 6.07 Å². The van der Waals surface area contributed by atoms with Crippen LogP contribution in [0, 0.1) is 6.92 Å². The molecule has 1 aromatic rings. The number of aryl methyl sites for hydroxylation is 1. The lowest BCUT2D eigenvalue weighted by molar-refractivity contribution is 0.0949. The maximum atomic E-state index is 12.1. The van der Waals surface area contributed by atoms with Gasteiger partial charge in [-0.3, -0.25) is 15.5 Å². The monoisotopic (exact) mass is 294 g/mol. The van der Waals surface area contributed by atoms with Gasteiger partial charge in [0.15, 0.2) is 0 Å². The fraction of sp³-hybridized carbons (Fsp3) is 0.500. The van der Waals surface area contributed by atoms with Gasteiger partial charge in [0.2, 0.25) is 0 Å². The first kappa shape index (κ1) is 15.2. The number of nitrogens with zero attached hydrogens (tertiary/aromatic N) is 1. The number of carbonyl (C=O) groups is 1. The van der Waals surface area contributed by atoms with E-state index in [1.165, 1.54) is 11.5 Å². The predicted molar refractivity (Wildman–Crippen MR) is 85.1 cm³/mol. The van der Waals surface area contributed by atoms with E-state index in [0.29, 0.717) is 17.8 Å². The Balaban J connectivity index is 1.85. The molecule has 0 aromatic heterocycles. The minimum atomic E-state index is -0.0793. The van der Waals surface area contributed by atoms with E-state index in [4.69, 9.17) is 5.84 Å². The topological polar surface area (TPSA) is 70.4 Å². The molecule has 20 heavy (non-hydrogen) atoms. The number of benzene rings is 1. The van der Waals surface area contributed by atoms with Crippen molar-refractivity contribution in [2.24, 2.45) is 5.84 Å². The molecular formula is C14H22N4OS. The number of rotatable bonds is 5. The van der Waals surface area contributed by atoms with Gasteiger partial charge in [0.05, 0.1) is 11.3 Å². The second-order valence-corrected chi connectivity index (χ2v) is 6.13. The number of nitrogens with two attached hydrogens (primary N) is 1. The van der Waals surface area contributed by atoms with Crippen molar-refractivity contribution >= 4 is 23.4 Å². The van der Waals surface area contributed by atoms with Crippen molar-refractivity contribution in [1.29, 1.82) is 0 Å². The molecule has 0 saturated carbocycles. The lowest BCUT2D eigenvalue weighted by atomic mass is 10.1. The maximum Gasteiger partial charge on any atom is 0.253 e. The molecule has 1 saturated heterocycles. The zero-order valence-corrected chi connectivity index (χ0v) is 12.6. The molecule has 4 N–H and O–H groups in total. The van der Waals surface area contributed by atoms with Crippen molar-refractivity contribution in [2.45, 2.75) is 6.92 Å². The highest BCUT2D eigenvalue weighted by Crippen LogP contribution is 2.16. The number of thioether (sulfide) groups is 1. The van der Waals surface area contributed by atoms with Crippen molar-refractivity contribution < 1.29 is 4.79 Å². The van der Waals surface area contributed by atoms with E-state index in [0.717, 1.165) is 25.2 Å². The Morgan fingerprint density at radius 1 is 1.40 bits per heavy atom. The number of amides is 1. The third-order valence-corrected chi connectivity index (χ3v) is 4.33. The molecule has 0 atom stereocenters. The number of carbonyl (C=O) groups excluding carboxylic acids is 1. The Bertz CT molecular complexity index is 460. The second-order valence-electron chi connectivity index (χ2n) is 4.90. The predicted octanol–water partition coefficient (Wildman–Crippen LogP) is 1.06. The van der Waals surface area contributed by atoms with E-state index >= 15 is 0 Å². The lowest BCUT2D eigenvalue weighted by Crippen LogP contribution is -2.39. The molecule has 0 radical (unpaired) electrons. The number of nitrogens with one attached hydrogen (secondary N) is 2. The van der Waals surface area contributed by atoms with Gasteiger partial charge in [0, 0.05) is 37.7 Å². The third kappa shape index (κ3) is 4.13. The molecule has 1 aliphatic heterocycles. The molecule has 0 aliphatic carbocycles. The Labute approximate surface area is 124 Å². The van der Waals surface area contributed by atoms with Crippen LogP contribution < -0.4 is 16.6 Å². The first-order valence-electron chi connectivity index (χ1n) is 6.86. The molecule has 1 aliphatic rings. The summed E-state index contributed by atoms with van der Waals surface area (Å²) in [6.45, 7) is 5.77. The molecular weight excluding hydrogens is 272 g/mol. The first-order valence-corrected chi connectivity index (χ1v) is 8.02. The highest BCUT2D eigenvalue weighted by atomic mass is 32.2. The zero-order chi connectivity index (χ0) is 14.4. The summed E-state index contributed by atoms with van der Waals surface area (Å²) in [4.78, 5) is 14.5. The molecule has 1 aromatic carbocycles. The van der Waals surface area contributed by atoms with Crippen LogP contribution in [0.3, 0.4) is 0 Å². The molecule has 1 heterocycles. The van der Waals surface area contributed by atoms with Crippen LogP contribution in [0.25, 0.3) is 0 Å². The van der Waals surface area contributed by atoms with E-state index in [1.54, 1.807) is 6.07 Å².